The van der Waals surface area contributed by atoms with Gasteiger partial charge in [0.25, 0.3) is 0 Å². The highest BCUT2D eigenvalue weighted by molar-refractivity contribution is 6.31. The Morgan fingerprint density at radius 2 is 2.08 bits per heavy atom. The van der Waals surface area contributed by atoms with E-state index in [0.717, 1.165) is 5.56 Å². The predicted octanol–water partition coefficient (Wildman–Crippen LogP) is 3.39. The number of nitrogens with one attached hydrogen (secondary N) is 1. The number of carbonyl (C=O) groups is 1. The molecule has 0 unspecified atom stereocenters. The third-order valence-electron chi connectivity index (χ3n) is 4.34. The molecule has 1 fully saturated rings. The SMILES string of the molecule is CN(C(=O)[C@@H]1C[C@H](OCc2ccccc2)CN1)c1ccc(F)c(Cl)c1. The van der Waals surface area contributed by atoms with Crippen LogP contribution in [0, 0.1) is 5.82 Å². The van der Waals surface area contributed by atoms with Crippen molar-refractivity contribution < 1.29 is 13.9 Å². The zero-order valence-corrected chi connectivity index (χ0v) is 14.7. The van der Waals surface area contributed by atoms with Gasteiger partial charge in [0.2, 0.25) is 5.91 Å². The molecule has 6 heteroatoms. The van der Waals surface area contributed by atoms with Crippen LogP contribution in [0.1, 0.15) is 12.0 Å². The van der Waals surface area contributed by atoms with Crippen LogP contribution in [0.25, 0.3) is 0 Å². The van der Waals surface area contributed by atoms with Gasteiger partial charge in [-0.05, 0) is 30.2 Å². The lowest BCUT2D eigenvalue weighted by molar-refractivity contribution is -0.120. The van der Waals surface area contributed by atoms with E-state index in [4.69, 9.17) is 16.3 Å². The fourth-order valence-corrected chi connectivity index (χ4v) is 3.04. The summed E-state index contributed by atoms with van der Waals surface area (Å²) in [5.41, 5.74) is 1.67. The topological polar surface area (TPSA) is 41.6 Å². The van der Waals surface area contributed by atoms with Crippen molar-refractivity contribution in [1.29, 1.82) is 0 Å². The Labute approximate surface area is 151 Å². The number of carbonyl (C=O) groups excluding carboxylic acids is 1. The molecule has 0 saturated carbocycles. The molecule has 3 rings (SSSR count). The number of anilines is 1. The molecule has 1 aliphatic heterocycles. The quantitative estimate of drug-likeness (QED) is 0.886. The summed E-state index contributed by atoms with van der Waals surface area (Å²) in [5, 5.41) is 3.20. The van der Waals surface area contributed by atoms with Gasteiger partial charge in [0.15, 0.2) is 0 Å². The lowest BCUT2D eigenvalue weighted by Crippen LogP contribution is -2.41. The van der Waals surface area contributed by atoms with Gasteiger partial charge in [0.1, 0.15) is 5.82 Å². The van der Waals surface area contributed by atoms with Crippen molar-refractivity contribution in [2.75, 3.05) is 18.5 Å². The number of amides is 1. The Hall–Kier alpha value is -1.95. The molecule has 2 aromatic carbocycles. The Kier molecular flexibility index (Phi) is 5.68. The third kappa shape index (κ3) is 4.37. The summed E-state index contributed by atoms with van der Waals surface area (Å²) in [7, 11) is 1.66. The fourth-order valence-electron chi connectivity index (χ4n) is 2.86. The highest BCUT2D eigenvalue weighted by atomic mass is 35.5. The number of hydrogen-bond acceptors (Lipinski definition) is 3. The Morgan fingerprint density at radius 1 is 1.32 bits per heavy atom. The van der Waals surface area contributed by atoms with Crippen LogP contribution in [0.4, 0.5) is 10.1 Å². The molecular formula is C19H20ClFN2O2. The normalized spacial score (nSPS) is 19.8. The number of ether oxygens (including phenoxy) is 1. The largest absolute Gasteiger partial charge is 0.372 e. The molecule has 1 aliphatic rings. The van der Waals surface area contributed by atoms with E-state index in [2.05, 4.69) is 5.32 Å². The molecule has 25 heavy (non-hydrogen) atoms. The van der Waals surface area contributed by atoms with E-state index >= 15 is 0 Å². The van der Waals surface area contributed by atoms with Crippen LogP contribution < -0.4 is 10.2 Å². The maximum atomic E-state index is 13.3. The smallest absolute Gasteiger partial charge is 0.243 e. The molecule has 2 atom stereocenters. The molecule has 1 amide bonds. The lowest BCUT2D eigenvalue weighted by atomic mass is 10.1. The average molecular weight is 363 g/mol. The van der Waals surface area contributed by atoms with Gasteiger partial charge in [-0.25, -0.2) is 4.39 Å². The Morgan fingerprint density at radius 3 is 2.80 bits per heavy atom. The first-order valence-electron chi connectivity index (χ1n) is 8.16. The van der Waals surface area contributed by atoms with Crippen molar-refractivity contribution in [1.82, 2.24) is 5.32 Å². The standard InChI is InChI=1S/C19H20ClFN2O2/c1-23(14-7-8-17(21)16(20)9-14)19(24)18-10-15(11-22-18)25-12-13-5-3-2-4-6-13/h2-9,15,18,22H,10-12H2,1H3/t15-,18-/m0/s1. The average Bonchev–Trinajstić information content (AvgIpc) is 3.11. The van der Waals surface area contributed by atoms with E-state index in [1.54, 1.807) is 7.05 Å². The highest BCUT2D eigenvalue weighted by Gasteiger charge is 2.32. The Bertz CT molecular complexity index is 741. The first-order valence-corrected chi connectivity index (χ1v) is 8.54. The summed E-state index contributed by atoms with van der Waals surface area (Å²) in [6, 6.07) is 13.9. The summed E-state index contributed by atoms with van der Waals surface area (Å²) < 4.78 is 19.2. The van der Waals surface area contributed by atoms with Crippen LogP contribution in [0.2, 0.25) is 5.02 Å². The highest BCUT2D eigenvalue weighted by Crippen LogP contribution is 2.23. The minimum absolute atomic E-state index is 0.000557. The molecule has 1 N–H and O–H groups in total. The molecule has 2 aromatic rings. The van der Waals surface area contributed by atoms with E-state index in [0.29, 0.717) is 25.3 Å². The van der Waals surface area contributed by atoms with Gasteiger partial charge in [-0.15, -0.1) is 0 Å². The molecule has 1 saturated heterocycles. The second-order valence-electron chi connectivity index (χ2n) is 6.11. The van der Waals surface area contributed by atoms with Crippen LogP contribution in [-0.2, 0) is 16.1 Å². The monoisotopic (exact) mass is 362 g/mol. The fraction of sp³-hybridized carbons (Fsp3) is 0.316. The van der Waals surface area contributed by atoms with Gasteiger partial charge >= 0.3 is 0 Å². The van der Waals surface area contributed by atoms with Crippen LogP contribution in [0.15, 0.2) is 48.5 Å². The van der Waals surface area contributed by atoms with E-state index < -0.39 is 5.82 Å². The molecule has 4 nitrogen and oxygen atoms in total. The van der Waals surface area contributed by atoms with Crippen LogP contribution in [-0.4, -0.2) is 31.6 Å². The summed E-state index contributed by atoms with van der Waals surface area (Å²) in [4.78, 5) is 14.1. The van der Waals surface area contributed by atoms with Crippen molar-refractivity contribution >= 4 is 23.2 Å². The minimum Gasteiger partial charge on any atom is -0.372 e. The number of likely N-dealkylation sites (N-methyl/N-ethyl adjacent to an activating group) is 1. The maximum Gasteiger partial charge on any atom is 0.243 e. The maximum absolute atomic E-state index is 13.3. The number of halogens is 2. The molecule has 0 spiro atoms. The first kappa shape index (κ1) is 17.9. The molecule has 132 valence electrons. The van der Waals surface area contributed by atoms with E-state index in [9.17, 15) is 9.18 Å². The predicted molar refractivity (Wildman–Crippen MR) is 96.2 cm³/mol. The summed E-state index contributed by atoms with van der Waals surface area (Å²) in [6.45, 7) is 1.15. The van der Waals surface area contributed by atoms with Gasteiger partial charge in [-0.3, -0.25) is 4.79 Å². The van der Waals surface area contributed by atoms with E-state index in [1.165, 1.54) is 23.1 Å². The van der Waals surface area contributed by atoms with Crippen molar-refractivity contribution in [3.05, 3.63) is 64.9 Å². The van der Waals surface area contributed by atoms with Crippen LogP contribution in [0.3, 0.4) is 0 Å². The molecule has 1 heterocycles. The Balaban J connectivity index is 1.55. The van der Waals surface area contributed by atoms with Gasteiger partial charge < -0.3 is 15.0 Å². The van der Waals surface area contributed by atoms with Gasteiger partial charge in [0.05, 0.1) is 23.8 Å². The van der Waals surface area contributed by atoms with Gasteiger partial charge in [-0.1, -0.05) is 41.9 Å². The number of nitrogens with zero attached hydrogens (tertiary/aromatic N) is 1. The van der Waals surface area contributed by atoms with E-state index in [-0.39, 0.29) is 23.1 Å². The van der Waals surface area contributed by atoms with Gasteiger partial charge in [-0.2, -0.15) is 0 Å². The minimum atomic E-state index is -0.500. The van der Waals surface area contributed by atoms with Gasteiger partial charge in [0, 0.05) is 19.3 Å². The van der Waals surface area contributed by atoms with Crippen molar-refractivity contribution in [2.45, 2.75) is 25.2 Å². The zero-order valence-electron chi connectivity index (χ0n) is 13.9. The first-order chi connectivity index (χ1) is 12.0. The second-order valence-corrected chi connectivity index (χ2v) is 6.52. The van der Waals surface area contributed by atoms with Crippen molar-refractivity contribution in [3.63, 3.8) is 0 Å². The molecule has 0 radical (unpaired) electrons. The van der Waals surface area contributed by atoms with Crippen molar-refractivity contribution in [2.24, 2.45) is 0 Å². The number of hydrogen-bond donors (Lipinski definition) is 1. The summed E-state index contributed by atoms with van der Waals surface area (Å²) in [5.74, 6) is -0.590. The lowest BCUT2D eigenvalue weighted by Gasteiger charge is -2.21. The number of benzene rings is 2. The summed E-state index contributed by atoms with van der Waals surface area (Å²) in [6.07, 6.45) is 0.588. The number of rotatable bonds is 5. The summed E-state index contributed by atoms with van der Waals surface area (Å²) >= 11 is 5.80. The third-order valence-corrected chi connectivity index (χ3v) is 4.63. The molecule has 0 aliphatic carbocycles. The molecule has 0 aromatic heterocycles. The van der Waals surface area contributed by atoms with E-state index in [1.807, 2.05) is 30.3 Å². The zero-order chi connectivity index (χ0) is 17.8. The second kappa shape index (κ2) is 7.95. The van der Waals surface area contributed by atoms with Crippen LogP contribution in [0.5, 0.6) is 0 Å². The molecular weight excluding hydrogens is 343 g/mol. The molecule has 0 bridgehead atoms. The van der Waals surface area contributed by atoms with Crippen molar-refractivity contribution in [3.8, 4) is 0 Å². The van der Waals surface area contributed by atoms with Crippen LogP contribution >= 0.6 is 11.6 Å².